The van der Waals surface area contributed by atoms with Gasteiger partial charge in [-0.3, -0.25) is 4.90 Å². The Balaban J connectivity index is 1.95. The molecule has 1 N–H and O–H groups in total. The Labute approximate surface area is 125 Å². The highest BCUT2D eigenvalue weighted by Crippen LogP contribution is 2.32. The SMILES string of the molecule is CCCNCC1(CN2CC(C)CCC2C)CCCOC1. The Morgan fingerprint density at radius 1 is 1.30 bits per heavy atom. The van der Waals surface area contributed by atoms with Gasteiger partial charge in [-0.25, -0.2) is 0 Å². The maximum atomic E-state index is 5.85. The molecule has 0 aromatic rings. The van der Waals surface area contributed by atoms with Gasteiger partial charge in [-0.15, -0.1) is 0 Å². The van der Waals surface area contributed by atoms with E-state index >= 15 is 0 Å². The van der Waals surface area contributed by atoms with Crippen LogP contribution >= 0.6 is 0 Å². The van der Waals surface area contributed by atoms with Gasteiger partial charge in [0.1, 0.15) is 0 Å². The molecule has 0 bridgehead atoms. The molecule has 2 heterocycles. The third kappa shape index (κ3) is 4.44. The number of piperidine rings is 1. The number of nitrogens with zero attached hydrogens (tertiary/aromatic N) is 1. The number of hydrogen-bond donors (Lipinski definition) is 1. The summed E-state index contributed by atoms with van der Waals surface area (Å²) < 4.78 is 5.85. The van der Waals surface area contributed by atoms with Crippen molar-refractivity contribution in [2.75, 3.05) is 39.4 Å². The molecule has 3 atom stereocenters. The molecule has 0 saturated carbocycles. The van der Waals surface area contributed by atoms with Crippen molar-refractivity contribution in [3.05, 3.63) is 0 Å². The summed E-state index contributed by atoms with van der Waals surface area (Å²) in [5.41, 5.74) is 0.346. The standard InChI is InChI=1S/C17H34N2O/c1-4-9-18-12-17(8-5-10-20-14-17)13-19-11-15(2)6-7-16(19)3/h15-16,18H,4-14H2,1-3H3. The molecule has 0 aromatic heterocycles. The number of nitrogens with one attached hydrogen (secondary N) is 1. The van der Waals surface area contributed by atoms with E-state index in [0.717, 1.165) is 38.3 Å². The van der Waals surface area contributed by atoms with Crippen molar-refractivity contribution in [2.24, 2.45) is 11.3 Å². The lowest BCUT2D eigenvalue weighted by Crippen LogP contribution is -2.53. The molecule has 118 valence electrons. The molecule has 0 radical (unpaired) electrons. The fourth-order valence-corrected chi connectivity index (χ4v) is 3.79. The first kappa shape index (κ1) is 16.3. The van der Waals surface area contributed by atoms with Crippen LogP contribution in [-0.2, 0) is 4.74 Å². The molecule has 2 saturated heterocycles. The summed E-state index contributed by atoms with van der Waals surface area (Å²) in [6.07, 6.45) is 6.52. The predicted molar refractivity (Wildman–Crippen MR) is 85.1 cm³/mol. The topological polar surface area (TPSA) is 24.5 Å². The van der Waals surface area contributed by atoms with Crippen molar-refractivity contribution in [2.45, 2.75) is 58.9 Å². The van der Waals surface area contributed by atoms with Crippen LogP contribution in [0.1, 0.15) is 52.9 Å². The van der Waals surface area contributed by atoms with Gasteiger partial charge in [0.05, 0.1) is 6.61 Å². The largest absolute Gasteiger partial charge is 0.381 e. The monoisotopic (exact) mass is 282 g/mol. The van der Waals surface area contributed by atoms with E-state index in [4.69, 9.17) is 4.74 Å². The van der Waals surface area contributed by atoms with Crippen molar-refractivity contribution >= 4 is 0 Å². The van der Waals surface area contributed by atoms with Crippen molar-refractivity contribution in [1.82, 2.24) is 10.2 Å². The summed E-state index contributed by atoms with van der Waals surface area (Å²) >= 11 is 0. The first-order valence-electron chi connectivity index (χ1n) is 8.68. The van der Waals surface area contributed by atoms with Crippen molar-refractivity contribution in [3.8, 4) is 0 Å². The lowest BCUT2D eigenvalue weighted by Gasteiger charge is -2.45. The third-order valence-corrected chi connectivity index (χ3v) is 5.12. The molecule has 3 heteroatoms. The summed E-state index contributed by atoms with van der Waals surface area (Å²) in [6.45, 7) is 13.7. The summed E-state index contributed by atoms with van der Waals surface area (Å²) in [5.74, 6) is 0.858. The van der Waals surface area contributed by atoms with Gasteiger partial charge in [0, 0.05) is 37.7 Å². The first-order chi connectivity index (χ1) is 9.65. The van der Waals surface area contributed by atoms with Crippen LogP contribution in [0.2, 0.25) is 0 Å². The third-order valence-electron chi connectivity index (χ3n) is 5.12. The van der Waals surface area contributed by atoms with Gasteiger partial charge in [-0.05, 0) is 51.5 Å². The highest BCUT2D eigenvalue weighted by atomic mass is 16.5. The lowest BCUT2D eigenvalue weighted by molar-refractivity contribution is -0.0398. The lowest BCUT2D eigenvalue weighted by atomic mass is 9.80. The van der Waals surface area contributed by atoms with Gasteiger partial charge in [-0.2, -0.15) is 0 Å². The van der Waals surface area contributed by atoms with Gasteiger partial charge < -0.3 is 10.1 Å². The van der Waals surface area contributed by atoms with Crippen LogP contribution in [0.25, 0.3) is 0 Å². The summed E-state index contributed by atoms with van der Waals surface area (Å²) in [6, 6.07) is 0.746. The number of ether oxygens (including phenoxy) is 1. The van der Waals surface area contributed by atoms with Crippen LogP contribution in [0.5, 0.6) is 0 Å². The maximum absolute atomic E-state index is 5.85. The van der Waals surface area contributed by atoms with Crippen LogP contribution in [0.3, 0.4) is 0 Å². The van der Waals surface area contributed by atoms with E-state index < -0.39 is 0 Å². The van der Waals surface area contributed by atoms with Gasteiger partial charge in [0.15, 0.2) is 0 Å². The average Bonchev–Trinajstić information content (AvgIpc) is 2.44. The van der Waals surface area contributed by atoms with Crippen LogP contribution < -0.4 is 5.32 Å². The molecule has 2 aliphatic rings. The maximum Gasteiger partial charge on any atom is 0.0546 e. The molecule has 0 aromatic carbocycles. The Morgan fingerprint density at radius 3 is 2.85 bits per heavy atom. The molecular weight excluding hydrogens is 248 g/mol. The molecule has 2 fully saturated rings. The van der Waals surface area contributed by atoms with E-state index in [2.05, 4.69) is 31.0 Å². The van der Waals surface area contributed by atoms with E-state index in [1.807, 2.05) is 0 Å². The molecule has 2 rings (SSSR count). The quantitative estimate of drug-likeness (QED) is 0.758. The van der Waals surface area contributed by atoms with Crippen molar-refractivity contribution in [3.63, 3.8) is 0 Å². The predicted octanol–water partition coefficient (Wildman–Crippen LogP) is 2.90. The average molecular weight is 282 g/mol. The second-order valence-electron chi connectivity index (χ2n) is 7.29. The second-order valence-corrected chi connectivity index (χ2v) is 7.29. The second kappa shape index (κ2) is 7.77. The van der Waals surface area contributed by atoms with Crippen LogP contribution in [0.15, 0.2) is 0 Å². The molecule has 20 heavy (non-hydrogen) atoms. The minimum atomic E-state index is 0.346. The van der Waals surface area contributed by atoms with E-state index in [1.165, 1.54) is 45.2 Å². The molecule has 0 aliphatic carbocycles. The van der Waals surface area contributed by atoms with E-state index in [1.54, 1.807) is 0 Å². The van der Waals surface area contributed by atoms with Crippen molar-refractivity contribution < 1.29 is 4.74 Å². The van der Waals surface area contributed by atoms with Gasteiger partial charge in [-0.1, -0.05) is 13.8 Å². The van der Waals surface area contributed by atoms with Gasteiger partial charge >= 0.3 is 0 Å². The molecule has 0 spiro atoms. The van der Waals surface area contributed by atoms with Crippen LogP contribution in [-0.4, -0.2) is 50.3 Å². The van der Waals surface area contributed by atoms with E-state index in [0.29, 0.717) is 5.41 Å². The Morgan fingerprint density at radius 2 is 2.15 bits per heavy atom. The molecule has 3 unspecified atom stereocenters. The molecule has 2 aliphatic heterocycles. The Kier molecular flexibility index (Phi) is 6.31. The molecule has 0 amide bonds. The molecular formula is C17H34N2O. The first-order valence-corrected chi connectivity index (χ1v) is 8.68. The summed E-state index contributed by atoms with van der Waals surface area (Å²) in [4.78, 5) is 2.73. The fraction of sp³-hybridized carbons (Fsp3) is 1.00. The van der Waals surface area contributed by atoms with Crippen molar-refractivity contribution in [1.29, 1.82) is 0 Å². The minimum Gasteiger partial charge on any atom is -0.381 e. The number of likely N-dealkylation sites (tertiary alicyclic amines) is 1. The minimum absolute atomic E-state index is 0.346. The van der Waals surface area contributed by atoms with Gasteiger partial charge in [0.2, 0.25) is 0 Å². The Hall–Kier alpha value is -0.120. The fourth-order valence-electron chi connectivity index (χ4n) is 3.79. The smallest absolute Gasteiger partial charge is 0.0546 e. The zero-order valence-corrected chi connectivity index (χ0v) is 13.8. The zero-order valence-electron chi connectivity index (χ0n) is 13.8. The van der Waals surface area contributed by atoms with Crippen LogP contribution in [0.4, 0.5) is 0 Å². The highest BCUT2D eigenvalue weighted by Gasteiger charge is 2.36. The van der Waals surface area contributed by atoms with Gasteiger partial charge in [0.25, 0.3) is 0 Å². The summed E-state index contributed by atoms with van der Waals surface area (Å²) in [7, 11) is 0. The van der Waals surface area contributed by atoms with Crippen LogP contribution in [0, 0.1) is 11.3 Å². The number of hydrogen-bond acceptors (Lipinski definition) is 3. The summed E-state index contributed by atoms with van der Waals surface area (Å²) in [5, 5.41) is 3.65. The molecule has 3 nitrogen and oxygen atoms in total. The zero-order chi connectivity index (χ0) is 14.4. The number of rotatable bonds is 6. The van der Waals surface area contributed by atoms with E-state index in [9.17, 15) is 0 Å². The highest BCUT2D eigenvalue weighted by molar-refractivity contribution is 4.90. The Bertz CT molecular complexity index is 276. The normalized spacial score (nSPS) is 36.1. The van der Waals surface area contributed by atoms with E-state index in [-0.39, 0.29) is 0 Å².